The lowest BCUT2D eigenvalue weighted by Gasteiger charge is -2.22. The maximum Gasteiger partial charge on any atom is 0.274 e. The molecular weight excluding hydrogens is 307 g/mol. The summed E-state index contributed by atoms with van der Waals surface area (Å²) in [7, 11) is 0. The Kier molecular flexibility index (Phi) is 6.23. The number of nitrogens with one attached hydrogen (secondary N) is 1. The van der Waals surface area contributed by atoms with Crippen molar-refractivity contribution < 1.29 is 9.18 Å². The number of carbonyl (C=O) groups excluding carboxylic acids is 1. The number of aromatic nitrogens is 2. The Balaban J connectivity index is 2.24. The number of hydrogen-bond acceptors (Lipinski definition) is 4. The molecule has 24 heavy (non-hydrogen) atoms. The van der Waals surface area contributed by atoms with Gasteiger partial charge in [-0.05, 0) is 44.0 Å². The highest BCUT2D eigenvalue weighted by atomic mass is 19.1. The third kappa shape index (κ3) is 4.75. The second kappa shape index (κ2) is 8.38. The summed E-state index contributed by atoms with van der Waals surface area (Å²) in [6, 6.07) is 7.42. The average Bonchev–Trinajstić information content (AvgIpc) is 2.54. The standard InChI is InChI=1S/C18H23FN4O/c1-4-9-23(10-5-2)18-20-13(3)11-16(22-18)17(24)21-15-8-6-7-14(19)12-15/h6-8,11-12H,4-5,9-10H2,1-3H3,(H,21,24). The molecule has 0 saturated carbocycles. The molecule has 1 amide bonds. The summed E-state index contributed by atoms with van der Waals surface area (Å²) in [4.78, 5) is 23.3. The Hall–Kier alpha value is -2.50. The predicted octanol–water partition coefficient (Wildman–Crippen LogP) is 3.80. The number of carbonyl (C=O) groups is 1. The van der Waals surface area contributed by atoms with Gasteiger partial charge in [0, 0.05) is 24.5 Å². The van der Waals surface area contributed by atoms with E-state index in [1.807, 2.05) is 6.92 Å². The first kappa shape index (κ1) is 17.8. The minimum Gasteiger partial charge on any atom is -0.341 e. The van der Waals surface area contributed by atoms with E-state index in [2.05, 4.69) is 34.0 Å². The van der Waals surface area contributed by atoms with Gasteiger partial charge in [0.1, 0.15) is 11.5 Å². The number of anilines is 2. The van der Waals surface area contributed by atoms with E-state index in [9.17, 15) is 9.18 Å². The van der Waals surface area contributed by atoms with Gasteiger partial charge in [0.15, 0.2) is 0 Å². The van der Waals surface area contributed by atoms with Crippen LogP contribution >= 0.6 is 0 Å². The molecule has 1 aromatic heterocycles. The molecule has 1 heterocycles. The van der Waals surface area contributed by atoms with E-state index < -0.39 is 5.82 Å². The van der Waals surface area contributed by atoms with E-state index in [1.165, 1.54) is 12.1 Å². The molecule has 1 N–H and O–H groups in total. The van der Waals surface area contributed by atoms with Crippen molar-refractivity contribution in [2.24, 2.45) is 0 Å². The Morgan fingerprint density at radius 1 is 1.17 bits per heavy atom. The van der Waals surface area contributed by atoms with Gasteiger partial charge in [-0.3, -0.25) is 4.79 Å². The highest BCUT2D eigenvalue weighted by Gasteiger charge is 2.14. The molecule has 0 aliphatic heterocycles. The van der Waals surface area contributed by atoms with Gasteiger partial charge in [-0.2, -0.15) is 0 Å². The number of amides is 1. The van der Waals surface area contributed by atoms with Crippen LogP contribution in [-0.2, 0) is 0 Å². The van der Waals surface area contributed by atoms with Gasteiger partial charge in [0.25, 0.3) is 5.91 Å². The first-order valence-electron chi connectivity index (χ1n) is 8.21. The molecule has 0 fully saturated rings. The number of benzene rings is 1. The zero-order valence-electron chi connectivity index (χ0n) is 14.3. The van der Waals surface area contributed by atoms with Crippen molar-refractivity contribution >= 4 is 17.5 Å². The van der Waals surface area contributed by atoms with Gasteiger partial charge >= 0.3 is 0 Å². The molecule has 0 bridgehead atoms. The smallest absolute Gasteiger partial charge is 0.274 e. The predicted molar refractivity (Wildman–Crippen MR) is 93.9 cm³/mol. The summed E-state index contributed by atoms with van der Waals surface area (Å²) in [5, 5.41) is 2.67. The minimum absolute atomic E-state index is 0.277. The van der Waals surface area contributed by atoms with Crippen LogP contribution < -0.4 is 10.2 Å². The van der Waals surface area contributed by atoms with Gasteiger partial charge < -0.3 is 10.2 Å². The average molecular weight is 330 g/mol. The second-order valence-corrected chi connectivity index (χ2v) is 5.65. The molecule has 0 radical (unpaired) electrons. The number of aryl methyl sites for hydroxylation is 1. The summed E-state index contributed by atoms with van der Waals surface area (Å²) < 4.78 is 13.2. The van der Waals surface area contributed by atoms with Crippen molar-refractivity contribution in [2.75, 3.05) is 23.3 Å². The maximum absolute atomic E-state index is 13.2. The van der Waals surface area contributed by atoms with Gasteiger partial charge in [-0.15, -0.1) is 0 Å². The Morgan fingerprint density at radius 3 is 2.50 bits per heavy atom. The van der Waals surface area contributed by atoms with Crippen LogP contribution in [0.1, 0.15) is 42.9 Å². The topological polar surface area (TPSA) is 58.1 Å². The molecule has 5 nitrogen and oxygen atoms in total. The lowest BCUT2D eigenvalue weighted by molar-refractivity contribution is 0.102. The number of nitrogens with zero attached hydrogens (tertiary/aromatic N) is 3. The molecule has 128 valence electrons. The molecule has 0 aliphatic rings. The Morgan fingerprint density at radius 2 is 1.88 bits per heavy atom. The van der Waals surface area contributed by atoms with E-state index in [4.69, 9.17) is 0 Å². The molecule has 2 rings (SSSR count). The van der Waals surface area contributed by atoms with Crippen LogP contribution in [0.2, 0.25) is 0 Å². The summed E-state index contributed by atoms with van der Waals surface area (Å²) in [5.41, 5.74) is 1.40. The van der Waals surface area contributed by atoms with Gasteiger partial charge in [0.2, 0.25) is 5.95 Å². The van der Waals surface area contributed by atoms with Crippen LogP contribution in [0.3, 0.4) is 0 Å². The number of hydrogen-bond donors (Lipinski definition) is 1. The SMILES string of the molecule is CCCN(CCC)c1nc(C)cc(C(=O)Nc2cccc(F)c2)n1. The van der Waals surface area contributed by atoms with Crippen LogP contribution in [0.5, 0.6) is 0 Å². The third-order valence-electron chi connectivity index (χ3n) is 3.43. The van der Waals surface area contributed by atoms with E-state index in [-0.39, 0.29) is 11.6 Å². The zero-order chi connectivity index (χ0) is 17.5. The van der Waals surface area contributed by atoms with Crippen LogP contribution in [0, 0.1) is 12.7 Å². The summed E-state index contributed by atoms with van der Waals surface area (Å²) in [6.07, 6.45) is 1.95. The number of rotatable bonds is 7. The summed E-state index contributed by atoms with van der Waals surface area (Å²) in [6.45, 7) is 7.69. The van der Waals surface area contributed by atoms with E-state index in [0.717, 1.165) is 31.6 Å². The van der Waals surface area contributed by atoms with Crippen LogP contribution in [-0.4, -0.2) is 29.0 Å². The maximum atomic E-state index is 13.2. The molecule has 1 aromatic carbocycles. The van der Waals surface area contributed by atoms with Crippen LogP contribution in [0.15, 0.2) is 30.3 Å². The van der Waals surface area contributed by atoms with Gasteiger partial charge in [-0.25, -0.2) is 14.4 Å². The quantitative estimate of drug-likeness (QED) is 0.839. The van der Waals surface area contributed by atoms with Crippen molar-refractivity contribution in [2.45, 2.75) is 33.6 Å². The minimum atomic E-state index is -0.399. The first-order valence-corrected chi connectivity index (χ1v) is 8.21. The molecule has 0 spiro atoms. The fourth-order valence-corrected chi connectivity index (χ4v) is 2.42. The molecule has 0 atom stereocenters. The van der Waals surface area contributed by atoms with E-state index in [0.29, 0.717) is 11.6 Å². The molecule has 6 heteroatoms. The number of halogens is 1. The lowest BCUT2D eigenvalue weighted by atomic mass is 10.2. The van der Waals surface area contributed by atoms with Gasteiger partial charge in [0.05, 0.1) is 0 Å². The monoisotopic (exact) mass is 330 g/mol. The van der Waals surface area contributed by atoms with Crippen molar-refractivity contribution in [3.05, 3.63) is 47.5 Å². The highest BCUT2D eigenvalue weighted by Crippen LogP contribution is 2.14. The lowest BCUT2D eigenvalue weighted by Crippen LogP contribution is -2.28. The van der Waals surface area contributed by atoms with E-state index in [1.54, 1.807) is 18.2 Å². The van der Waals surface area contributed by atoms with Crippen LogP contribution in [0.25, 0.3) is 0 Å². The summed E-state index contributed by atoms with van der Waals surface area (Å²) in [5.74, 6) is -0.215. The largest absolute Gasteiger partial charge is 0.341 e. The molecule has 0 aliphatic carbocycles. The summed E-state index contributed by atoms with van der Waals surface area (Å²) >= 11 is 0. The van der Waals surface area contributed by atoms with Crippen molar-refractivity contribution in [1.29, 1.82) is 0 Å². The zero-order valence-corrected chi connectivity index (χ0v) is 14.3. The highest BCUT2D eigenvalue weighted by molar-refractivity contribution is 6.03. The second-order valence-electron chi connectivity index (χ2n) is 5.65. The Labute approximate surface area is 141 Å². The first-order chi connectivity index (χ1) is 11.5. The molecule has 2 aromatic rings. The normalized spacial score (nSPS) is 10.5. The van der Waals surface area contributed by atoms with Gasteiger partial charge in [-0.1, -0.05) is 19.9 Å². The Bertz CT molecular complexity index is 699. The van der Waals surface area contributed by atoms with Crippen molar-refractivity contribution in [1.82, 2.24) is 9.97 Å². The third-order valence-corrected chi connectivity index (χ3v) is 3.43. The van der Waals surface area contributed by atoms with Crippen molar-refractivity contribution in [3.8, 4) is 0 Å². The molecule has 0 saturated heterocycles. The van der Waals surface area contributed by atoms with Crippen molar-refractivity contribution in [3.63, 3.8) is 0 Å². The fraction of sp³-hybridized carbons (Fsp3) is 0.389. The fourth-order valence-electron chi connectivity index (χ4n) is 2.42. The van der Waals surface area contributed by atoms with E-state index >= 15 is 0 Å². The molecule has 0 unspecified atom stereocenters. The molecular formula is C18H23FN4O. The van der Waals surface area contributed by atoms with Crippen LogP contribution in [0.4, 0.5) is 16.0 Å².